The van der Waals surface area contributed by atoms with Crippen LogP contribution in [0.5, 0.6) is 5.75 Å². The second-order valence-electron chi connectivity index (χ2n) is 4.48. The lowest BCUT2D eigenvalue weighted by atomic mass is 10.2. The summed E-state index contributed by atoms with van der Waals surface area (Å²) in [6, 6.07) is 4.64. The molecule has 1 aromatic carbocycles. The van der Waals surface area contributed by atoms with E-state index in [0.717, 1.165) is 0 Å². The Labute approximate surface area is 126 Å². The molecule has 0 unspecified atom stereocenters. The number of hydrogen-bond donors (Lipinski definition) is 1. The summed E-state index contributed by atoms with van der Waals surface area (Å²) < 4.78 is 31.5. The van der Waals surface area contributed by atoms with Crippen LogP contribution in [0.2, 0.25) is 0 Å². The Hall–Kier alpha value is -1.60. The van der Waals surface area contributed by atoms with Crippen LogP contribution in [0.1, 0.15) is 19.4 Å². The summed E-state index contributed by atoms with van der Waals surface area (Å²) in [6.07, 6.45) is 0. The minimum absolute atomic E-state index is 0.0977. The molecule has 1 aromatic rings. The summed E-state index contributed by atoms with van der Waals surface area (Å²) in [4.78, 5) is 11.4. The fraction of sp³-hybridized carbons (Fsp3) is 0.500. The van der Waals surface area contributed by atoms with Crippen molar-refractivity contribution in [1.82, 2.24) is 9.62 Å². The van der Waals surface area contributed by atoms with Crippen molar-refractivity contribution in [1.29, 1.82) is 0 Å². The fourth-order valence-electron chi connectivity index (χ4n) is 1.87. The third-order valence-corrected chi connectivity index (χ3v) is 5.17. The van der Waals surface area contributed by atoms with Crippen LogP contribution < -0.4 is 10.1 Å². The zero-order valence-electron chi connectivity index (χ0n) is 12.8. The van der Waals surface area contributed by atoms with E-state index < -0.39 is 10.0 Å². The molecule has 0 bridgehead atoms. The van der Waals surface area contributed by atoms with Crippen molar-refractivity contribution >= 4 is 15.9 Å². The van der Waals surface area contributed by atoms with E-state index in [-0.39, 0.29) is 17.4 Å². The van der Waals surface area contributed by atoms with Crippen LogP contribution in [0.15, 0.2) is 23.1 Å². The molecule has 0 aliphatic heterocycles. The van der Waals surface area contributed by atoms with E-state index in [0.29, 0.717) is 24.4 Å². The lowest BCUT2D eigenvalue weighted by Crippen LogP contribution is -2.30. The number of rotatable bonds is 7. The van der Waals surface area contributed by atoms with E-state index in [1.807, 2.05) is 0 Å². The van der Waals surface area contributed by atoms with Gasteiger partial charge in [-0.1, -0.05) is 13.8 Å². The van der Waals surface area contributed by atoms with Crippen LogP contribution in [0, 0.1) is 6.92 Å². The molecule has 0 radical (unpaired) electrons. The van der Waals surface area contributed by atoms with Crippen LogP contribution in [-0.4, -0.2) is 45.4 Å². The number of aryl methyl sites for hydroxylation is 1. The zero-order chi connectivity index (χ0) is 16.0. The maximum atomic E-state index is 12.4. The normalized spacial score (nSPS) is 11.5. The molecular weight excluding hydrogens is 292 g/mol. The number of amides is 1. The monoisotopic (exact) mass is 314 g/mol. The van der Waals surface area contributed by atoms with Gasteiger partial charge in [-0.05, 0) is 30.7 Å². The van der Waals surface area contributed by atoms with Gasteiger partial charge >= 0.3 is 0 Å². The van der Waals surface area contributed by atoms with Crippen molar-refractivity contribution in [3.05, 3.63) is 23.8 Å². The highest BCUT2D eigenvalue weighted by molar-refractivity contribution is 7.89. The van der Waals surface area contributed by atoms with E-state index in [1.54, 1.807) is 32.9 Å². The molecule has 118 valence electrons. The van der Waals surface area contributed by atoms with Crippen molar-refractivity contribution in [2.75, 3.05) is 26.7 Å². The molecule has 0 spiro atoms. The Kier molecular flexibility index (Phi) is 6.17. The largest absolute Gasteiger partial charge is 0.484 e. The summed E-state index contributed by atoms with van der Waals surface area (Å²) in [5.41, 5.74) is 0.673. The van der Waals surface area contributed by atoms with E-state index in [2.05, 4.69) is 5.32 Å². The molecule has 0 fully saturated rings. The number of sulfonamides is 1. The van der Waals surface area contributed by atoms with Gasteiger partial charge in [0.15, 0.2) is 6.61 Å². The van der Waals surface area contributed by atoms with Gasteiger partial charge in [0.05, 0.1) is 4.90 Å². The Bertz CT molecular complexity index is 595. The predicted octanol–water partition coefficient (Wildman–Crippen LogP) is 1.15. The minimum atomic E-state index is -3.48. The first-order valence-corrected chi connectivity index (χ1v) is 8.25. The first-order chi connectivity index (χ1) is 9.86. The summed E-state index contributed by atoms with van der Waals surface area (Å²) in [5.74, 6) is 0.256. The number of benzene rings is 1. The third kappa shape index (κ3) is 4.18. The Morgan fingerprint density at radius 1 is 1.29 bits per heavy atom. The number of carbonyl (C=O) groups is 1. The van der Waals surface area contributed by atoms with Gasteiger partial charge in [0.25, 0.3) is 5.91 Å². The zero-order valence-corrected chi connectivity index (χ0v) is 13.7. The highest BCUT2D eigenvalue weighted by Crippen LogP contribution is 2.23. The quantitative estimate of drug-likeness (QED) is 0.819. The predicted molar refractivity (Wildman–Crippen MR) is 80.8 cm³/mol. The molecule has 0 atom stereocenters. The van der Waals surface area contributed by atoms with E-state index in [9.17, 15) is 13.2 Å². The van der Waals surface area contributed by atoms with Crippen LogP contribution in [0.3, 0.4) is 0 Å². The molecule has 1 amide bonds. The average molecular weight is 314 g/mol. The highest BCUT2D eigenvalue weighted by Gasteiger charge is 2.22. The summed E-state index contributed by atoms with van der Waals surface area (Å²) in [6.45, 7) is 6.10. The molecule has 7 heteroatoms. The van der Waals surface area contributed by atoms with Crippen molar-refractivity contribution in [3.63, 3.8) is 0 Å². The Morgan fingerprint density at radius 3 is 2.38 bits per heavy atom. The smallest absolute Gasteiger partial charge is 0.257 e. The molecule has 0 aliphatic rings. The van der Waals surface area contributed by atoms with Gasteiger partial charge < -0.3 is 10.1 Å². The molecular formula is C14H22N2O4S. The van der Waals surface area contributed by atoms with Gasteiger partial charge in [0.1, 0.15) is 5.75 Å². The second-order valence-corrected chi connectivity index (χ2v) is 6.42. The van der Waals surface area contributed by atoms with Crippen LogP contribution in [0.25, 0.3) is 0 Å². The number of nitrogens with zero attached hydrogens (tertiary/aromatic N) is 1. The van der Waals surface area contributed by atoms with Gasteiger partial charge in [-0.15, -0.1) is 0 Å². The number of carbonyl (C=O) groups excluding carboxylic acids is 1. The molecule has 0 saturated heterocycles. The molecule has 0 aliphatic carbocycles. The molecule has 1 rings (SSSR count). The van der Waals surface area contributed by atoms with Crippen LogP contribution >= 0.6 is 0 Å². The fourth-order valence-corrected chi connectivity index (χ4v) is 3.42. The van der Waals surface area contributed by atoms with Gasteiger partial charge in [-0.25, -0.2) is 8.42 Å². The highest BCUT2D eigenvalue weighted by atomic mass is 32.2. The van der Waals surface area contributed by atoms with E-state index in [4.69, 9.17) is 4.74 Å². The number of nitrogens with one attached hydrogen (secondary N) is 1. The molecule has 21 heavy (non-hydrogen) atoms. The minimum Gasteiger partial charge on any atom is -0.484 e. The second kappa shape index (κ2) is 7.42. The maximum Gasteiger partial charge on any atom is 0.257 e. The standard InChI is InChI=1S/C14H22N2O4S/c1-5-16(6-2)21(18,19)12-7-8-13(11(3)9-12)20-10-14(17)15-4/h7-9H,5-6,10H2,1-4H3,(H,15,17). The summed E-state index contributed by atoms with van der Waals surface area (Å²) >= 11 is 0. The Morgan fingerprint density at radius 2 is 1.90 bits per heavy atom. The molecule has 0 saturated carbocycles. The summed E-state index contributed by atoms with van der Waals surface area (Å²) in [5, 5.41) is 2.45. The SMILES string of the molecule is CCN(CC)S(=O)(=O)c1ccc(OCC(=O)NC)c(C)c1. The lowest BCUT2D eigenvalue weighted by molar-refractivity contribution is -0.122. The Balaban J connectivity index is 2.99. The number of ether oxygens (including phenoxy) is 1. The van der Waals surface area contributed by atoms with Crippen molar-refractivity contribution in [2.45, 2.75) is 25.7 Å². The molecule has 6 nitrogen and oxygen atoms in total. The third-order valence-electron chi connectivity index (χ3n) is 3.13. The van der Waals surface area contributed by atoms with Gasteiger partial charge in [-0.2, -0.15) is 4.31 Å². The number of likely N-dealkylation sites (N-methyl/N-ethyl adjacent to an activating group) is 1. The topological polar surface area (TPSA) is 75.7 Å². The van der Waals surface area contributed by atoms with Crippen LogP contribution in [0.4, 0.5) is 0 Å². The lowest BCUT2D eigenvalue weighted by Gasteiger charge is -2.19. The number of hydrogen-bond acceptors (Lipinski definition) is 4. The van der Waals surface area contributed by atoms with Gasteiger partial charge in [0, 0.05) is 20.1 Å². The van der Waals surface area contributed by atoms with Crippen molar-refractivity contribution in [3.8, 4) is 5.75 Å². The van der Waals surface area contributed by atoms with E-state index in [1.165, 1.54) is 17.4 Å². The average Bonchev–Trinajstić information content (AvgIpc) is 2.46. The first kappa shape index (κ1) is 17.5. The van der Waals surface area contributed by atoms with Crippen molar-refractivity contribution < 1.29 is 17.9 Å². The molecule has 0 aromatic heterocycles. The molecule has 1 N–H and O–H groups in total. The maximum absolute atomic E-state index is 12.4. The molecule has 0 heterocycles. The first-order valence-electron chi connectivity index (χ1n) is 6.81. The summed E-state index contributed by atoms with van der Waals surface area (Å²) in [7, 11) is -1.95. The van der Waals surface area contributed by atoms with Crippen molar-refractivity contribution in [2.24, 2.45) is 0 Å². The van der Waals surface area contributed by atoms with Gasteiger partial charge in [0.2, 0.25) is 10.0 Å². The van der Waals surface area contributed by atoms with E-state index >= 15 is 0 Å². The van der Waals surface area contributed by atoms with Gasteiger partial charge in [-0.3, -0.25) is 4.79 Å². The van der Waals surface area contributed by atoms with Crippen LogP contribution in [-0.2, 0) is 14.8 Å².